The first-order valence-corrected chi connectivity index (χ1v) is 5.22. The van der Waals surface area contributed by atoms with Gasteiger partial charge in [0.2, 0.25) is 5.91 Å². The molecule has 1 aromatic heterocycles. The van der Waals surface area contributed by atoms with Gasteiger partial charge in [-0.25, -0.2) is 0 Å². The molecule has 0 saturated carbocycles. The third-order valence-corrected chi connectivity index (χ3v) is 2.39. The number of aromatic amines is 1. The number of H-pyrrole nitrogens is 1. The van der Waals surface area contributed by atoms with Crippen LogP contribution in [0.15, 0.2) is 35.1 Å². The first kappa shape index (κ1) is 10.7. The summed E-state index contributed by atoms with van der Waals surface area (Å²) in [6.07, 6.45) is 0. The molecule has 0 radical (unpaired) electrons. The predicted octanol–water partition coefficient (Wildman–Crippen LogP) is 1.71. The van der Waals surface area contributed by atoms with E-state index in [0.717, 1.165) is 10.9 Å². The van der Waals surface area contributed by atoms with Crippen molar-refractivity contribution in [3.8, 4) is 0 Å². The molecule has 0 bridgehead atoms. The third kappa shape index (κ3) is 2.06. The largest absolute Gasteiger partial charge is 0.320 e. The molecule has 0 atom stereocenters. The van der Waals surface area contributed by atoms with E-state index in [2.05, 4.69) is 10.3 Å². The summed E-state index contributed by atoms with van der Waals surface area (Å²) in [5.41, 5.74) is 0.609. The van der Waals surface area contributed by atoms with Gasteiger partial charge in [0.05, 0.1) is 0 Å². The normalized spacial score (nSPS) is 10.3. The van der Waals surface area contributed by atoms with E-state index >= 15 is 0 Å². The zero-order valence-corrected chi connectivity index (χ0v) is 9.04. The number of pyridine rings is 1. The number of amides is 1. The summed E-state index contributed by atoms with van der Waals surface area (Å²) in [6.45, 7) is 0. The van der Waals surface area contributed by atoms with Crippen molar-refractivity contribution in [1.82, 2.24) is 4.98 Å². The van der Waals surface area contributed by atoms with E-state index in [4.69, 9.17) is 11.6 Å². The fourth-order valence-corrected chi connectivity index (χ4v) is 1.49. The summed E-state index contributed by atoms with van der Waals surface area (Å²) in [7, 11) is 0. The maximum Gasteiger partial charge on any atom is 0.272 e. The van der Waals surface area contributed by atoms with Gasteiger partial charge in [-0.3, -0.25) is 9.59 Å². The predicted molar refractivity (Wildman–Crippen MR) is 63.9 cm³/mol. The molecule has 0 saturated heterocycles. The number of anilines is 1. The Balaban J connectivity index is 2.50. The number of halogens is 1. The minimum atomic E-state index is -0.401. The number of hydrogen-bond acceptors (Lipinski definition) is 2. The van der Waals surface area contributed by atoms with E-state index in [1.165, 1.54) is 0 Å². The molecular formula is C11H9ClN2O2. The lowest BCUT2D eigenvalue weighted by Crippen LogP contribution is -2.20. The Morgan fingerprint density at radius 2 is 2.12 bits per heavy atom. The Morgan fingerprint density at radius 1 is 1.38 bits per heavy atom. The maximum absolute atomic E-state index is 11.6. The van der Waals surface area contributed by atoms with Gasteiger partial charge in [0, 0.05) is 10.9 Å². The van der Waals surface area contributed by atoms with Gasteiger partial charge in [-0.05, 0) is 12.1 Å². The van der Waals surface area contributed by atoms with Gasteiger partial charge in [-0.1, -0.05) is 18.2 Å². The second-order valence-corrected chi connectivity index (χ2v) is 3.55. The van der Waals surface area contributed by atoms with E-state index in [0.29, 0.717) is 0 Å². The summed E-state index contributed by atoms with van der Waals surface area (Å²) in [4.78, 5) is 25.3. The zero-order valence-electron chi connectivity index (χ0n) is 8.29. The van der Waals surface area contributed by atoms with Crippen molar-refractivity contribution >= 4 is 34.1 Å². The Bertz CT molecular complexity index is 592. The van der Waals surface area contributed by atoms with Crippen LogP contribution in [-0.4, -0.2) is 16.8 Å². The maximum atomic E-state index is 11.6. The highest BCUT2D eigenvalue weighted by atomic mass is 35.5. The topological polar surface area (TPSA) is 62.0 Å². The minimum Gasteiger partial charge on any atom is -0.320 e. The van der Waals surface area contributed by atoms with Crippen molar-refractivity contribution in [1.29, 1.82) is 0 Å². The molecule has 2 rings (SSSR count). The molecule has 0 unspecified atom stereocenters. The van der Waals surface area contributed by atoms with Gasteiger partial charge in [0.15, 0.2) is 0 Å². The summed E-state index contributed by atoms with van der Waals surface area (Å²) >= 11 is 5.35. The molecule has 0 spiro atoms. The summed E-state index contributed by atoms with van der Waals surface area (Å²) in [6, 6.07) is 8.95. The second-order valence-electron chi connectivity index (χ2n) is 3.28. The molecule has 2 aromatic rings. The number of fused-ring (bicyclic) bond motifs is 1. The first-order valence-electron chi connectivity index (χ1n) is 4.68. The molecule has 0 aliphatic rings. The van der Waals surface area contributed by atoms with Gasteiger partial charge >= 0.3 is 0 Å². The third-order valence-electron chi connectivity index (χ3n) is 2.15. The number of para-hydroxylation sites is 1. The smallest absolute Gasteiger partial charge is 0.272 e. The summed E-state index contributed by atoms with van der Waals surface area (Å²) in [5.74, 6) is -0.575. The first-order chi connectivity index (χ1) is 7.70. The molecule has 0 fully saturated rings. The van der Waals surface area contributed by atoms with Crippen molar-refractivity contribution in [2.75, 3.05) is 11.2 Å². The molecular weight excluding hydrogens is 228 g/mol. The van der Waals surface area contributed by atoms with E-state index < -0.39 is 5.91 Å². The molecule has 0 aliphatic carbocycles. The van der Waals surface area contributed by atoms with Gasteiger partial charge in [-0.15, -0.1) is 11.6 Å². The van der Waals surface area contributed by atoms with Crippen molar-refractivity contribution < 1.29 is 4.79 Å². The molecule has 1 heterocycles. The number of aromatic nitrogens is 1. The van der Waals surface area contributed by atoms with Crippen LogP contribution in [-0.2, 0) is 4.79 Å². The van der Waals surface area contributed by atoms with Crippen molar-refractivity contribution in [2.24, 2.45) is 0 Å². The summed E-state index contributed by atoms with van der Waals surface area (Å²) in [5, 5.41) is 3.29. The van der Waals surface area contributed by atoms with Gasteiger partial charge in [0.1, 0.15) is 11.6 Å². The SMILES string of the molecule is O=C(CCl)Nc1cc2ccccc2[nH]c1=O. The molecule has 0 aliphatic heterocycles. The second kappa shape index (κ2) is 4.37. The van der Waals surface area contributed by atoms with Crippen LogP contribution in [0.4, 0.5) is 5.69 Å². The van der Waals surface area contributed by atoms with Gasteiger partial charge in [0.25, 0.3) is 5.56 Å². The van der Waals surface area contributed by atoms with Crippen LogP contribution in [0.1, 0.15) is 0 Å². The van der Waals surface area contributed by atoms with Crippen LogP contribution in [0.2, 0.25) is 0 Å². The Hall–Kier alpha value is -1.81. The highest BCUT2D eigenvalue weighted by Crippen LogP contribution is 2.12. The Labute approximate surface area is 96.2 Å². The number of rotatable bonds is 2. The Kier molecular flexibility index (Phi) is 2.92. The van der Waals surface area contributed by atoms with E-state index in [-0.39, 0.29) is 17.1 Å². The summed E-state index contributed by atoms with van der Waals surface area (Å²) < 4.78 is 0. The van der Waals surface area contributed by atoms with Gasteiger partial charge in [-0.2, -0.15) is 0 Å². The molecule has 16 heavy (non-hydrogen) atoms. The standard InChI is InChI=1S/C11H9ClN2O2/c12-6-10(15)13-9-5-7-3-1-2-4-8(7)14-11(9)16/h1-5H,6H2,(H,13,15)(H,14,16). The van der Waals surface area contributed by atoms with Crippen LogP contribution >= 0.6 is 11.6 Å². The molecule has 5 heteroatoms. The lowest BCUT2D eigenvalue weighted by Gasteiger charge is -2.03. The molecule has 1 aromatic carbocycles. The quantitative estimate of drug-likeness (QED) is 0.780. The molecule has 2 N–H and O–H groups in total. The number of alkyl halides is 1. The van der Waals surface area contributed by atoms with Crippen LogP contribution in [0.25, 0.3) is 10.9 Å². The molecule has 82 valence electrons. The lowest BCUT2D eigenvalue weighted by molar-refractivity contribution is -0.113. The average Bonchev–Trinajstić information content (AvgIpc) is 2.30. The average molecular weight is 237 g/mol. The van der Waals surface area contributed by atoms with E-state index in [1.807, 2.05) is 18.2 Å². The monoisotopic (exact) mass is 236 g/mol. The van der Waals surface area contributed by atoms with Crippen molar-refractivity contribution in [3.63, 3.8) is 0 Å². The number of carbonyl (C=O) groups is 1. The number of benzene rings is 1. The van der Waals surface area contributed by atoms with Crippen LogP contribution in [0.3, 0.4) is 0 Å². The lowest BCUT2D eigenvalue weighted by atomic mass is 10.2. The fourth-order valence-electron chi connectivity index (χ4n) is 1.42. The van der Waals surface area contributed by atoms with Gasteiger partial charge < -0.3 is 10.3 Å². The van der Waals surface area contributed by atoms with E-state index in [9.17, 15) is 9.59 Å². The zero-order chi connectivity index (χ0) is 11.5. The van der Waals surface area contributed by atoms with Crippen LogP contribution in [0.5, 0.6) is 0 Å². The highest BCUT2D eigenvalue weighted by molar-refractivity contribution is 6.29. The van der Waals surface area contributed by atoms with Crippen molar-refractivity contribution in [3.05, 3.63) is 40.7 Å². The molecule has 1 amide bonds. The fraction of sp³-hybridized carbons (Fsp3) is 0.0909. The Morgan fingerprint density at radius 3 is 2.88 bits per heavy atom. The van der Waals surface area contributed by atoms with Crippen molar-refractivity contribution in [2.45, 2.75) is 0 Å². The molecule has 4 nitrogen and oxygen atoms in total. The number of carbonyl (C=O) groups excluding carboxylic acids is 1. The van der Waals surface area contributed by atoms with Crippen LogP contribution in [0, 0.1) is 0 Å². The van der Waals surface area contributed by atoms with Crippen LogP contribution < -0.4 is 10.9 Å². The minimum absolute atomic E-state index is 0.174. The highest BCUT2D eigenvalue weighted by Gasteiger charge is 2.05. The number of hydrogen-bond donors (Lipinski definition) is 2. The number of nitrogens with one attached hydrogen (secondary N) is 2. The van der Waals surface area contributed by atoms with E-state index in [1.54, 1.807) is 12.1 Å².